The standard InChI is InChI=1S/C20H21N3O3S/c1-5-26-20(25)17-12(2)14(4)27-18(17)21-11-16-13(3)22-23(19(16)24)15-9-7-6-8-10-15/h6-11,22H,5H2,1-4H3. The van der Waals surface area contributed by atoms with Crippen LogP contribution in [0.3, 0.4) is 0 Å². The number of thiophene rings is 1. The van der Waals surface area contributed by atoms with Crippen LogP contribution in [-0.4, -0.2) is 28.6 Å². The summed E-state index contributed by atoms with van der Waals surface area (Å²) in [6.07, 6.45) is 1.51. The minimum absolute atomic E-state index is 0.190. The van der Waals surface area contributed by atoms with Gasteiger partial charge in [0.1, 0.15) is 5.00 Å². The van der Waals surface area contributed by atoms with E-state index >= 15 is 0 Å². The zero-order valence-electron chi connectivity index (χ0n) is 15.7. The van der Waals surface area contributed by atoms with E-state index in [4.69, 9.17) is 4.74 Å². The molecule has 0 fully saturated rings. The number of nitrogens with zero attached hydrogens (tertiary/aromatic N) is 2. The molecule has 1 N–H and O–H groups in total. The predicted molar refractivity (Wildman–Crippen MR) is 108 cm³/mol. The van der Waals surface area contributed by atoms with Crippen molar-refractivity contribution in [2.45, 2.75) is 27.7 Å². The SMILES string of the molecule is CCOC(=O)c1c(N=Cc2c(C)[nH]n(-c3ccccc3)c2=O)sc(C)c1C. The summed E-state index contributed by atoms with van der Waals surface area (Å²) in [6.45, 7) is 7.70. The Hall–Kier alpha value is -2.93. The van der Waals surface area contributed by atoms with Crippen LogP contribution in [0.4, 0.5) is 5.00 Å². The molecule has 3 aromatic rings. The molecule has 0 bridgehead atoms. The van der Waals surface area contributed by atoms with Crippen molar-refractivity contribution in [3.8, 4) is 5.69 Å². The van der Waals surface area contributed by atoms with Crippen LogP contribution in [0, 0.1) is 20.8 Å². The molecule has 0 aliphatic rings. The smallest absolute Gasteiger partial charge is 0.341 e. The molecular weight excluding hydrogens is 362 g/mol. The molecule has 0 saturated heterocycles. The van der Waals surface area contributed by atoms with Crippen molar-refractivity contribution in [2.75, 3.05) is 6.61 Å². The fraction of sp³-hybridized carbons (Fsp3) is 0.250. The fourth-order valence-corrected chi connectivity index (χ4v) is 3.73. The monoisotopic (exact) mass is 383 g/mol. The minimum Gasteiger partial charge on any atom is -0.462 e. The van der Waals surface area contributed by atoms with Crippen molar-refractivity contribution in [1.29, 1.82) is 0 Å². The lowest BCUT2D eigenvalue weighted by Crippen LogP contribution is -2.17. The van der Waals surface area contributed by atoms with Gasteiger partial charge in [-0.05, 0) is 45.4 Å². The summed E-state index contributed by atoms with van der Waals surface area (Å²) in [5.74, 6) is -0.390. The Bertz CT molecular complexity index is 1060. The van der Waals surface area contributed by atoms with Crippen LogP contribution >= 0.6 is 11.3 Å². The van der Waals surface area contributed by atoms with E-state index in [9.17, 15) is 9.59 Å². The van der Waals surface area contributed by atoms with Crippen LogP contribution in [0.15, 0.2) is 40.1 Å². The van der Waals surface area contributed by atoms with Gasteiger partial charge in [0.2, 0.25) is 0 Å². The second-order valence-corrected chi connectivity index (χ2v) is 7.27. The van der Waals surface area contributed by atoms with Gasteiger partial charge in [0, 0.05) is 16.8 Å². The second-order valence-electron chi connectivity index (χ2n) is 6.07. The van der Waals surface area contributed by atoms with Crippen LogP contribution in [0.2, 0.25) is 0 Å². The minimum atomic E-state index is -0.390. The number of rotatable bonds is 5. The third-order valence-electron chi connectivity index (χ3n) is 4.29. The van der Waals surface area contributed by atoms with E-state index < -0.39 is 0 Å². The maximum Gasteiger partial charge on any atom is 0.341 e. The molecule has 0 atom stereocenters. The van der Waals surface area contributed by atoms with Crippen LogP contribution in [0.25, 0.3) is 5.69 Å². The van der Waals surface area contributed by atoms with Crippen molar-refractivity contribution in [3.63, 3.8) is 0 Å². The van der Waals surface area contributed by atoms with Crippen LogP contribution in [-0.2, 0) is 4.74 Å². The Morgan fingerprint density at radius 3 is 2.63 bits per heavy atom. The first-order valence-corrected chi connectivity index (χ1v) is 9.43. The predicted octanol–water partition coefficient (Wildman–Crippen LogP) is 4.08. The van der Waals surface area contributed by atoms with Gasteiger partial charge in [-0.2, -0.15) is 0 Å². The summed E-state index contributed by atoms with van der Waals surface area (Å²) >= 11 is 1.41. The highest BCUT2D eigenvalue weighted by Crippen LogP contribution is 2.35. The lowest BCUT2D eigenvalue weighted by atomic mass is 10.1. The molecule has 0 amide bonds. The van der Waals surface area contributed by atoms with Gasteiger partial charge in [-0.25, -0.2) is 14.5 Å². The van der Waals surface area contributed by atoms with Gasteiger partial charge >= 0.3 is 5.97 Å². The summed E-state index contributed by atoms with van der Waals surface area (Å²) in [6, 6.07) is 9.33. The van der Waals surface area contributed by atoms with Gasteiger partial charge in [0.05, 0.1) is 23.4 Å². The summed E-state index contributed by atoms with van der Waals surface area (Å²) in [4.78, 5) is 30.5. The van der Waals surface area contributed by atoms with Crippen molar-refractivity contribution < 1.29 is 9.53 Å². The molecule has 2 heterocycles. The van der Waals surface area contributed by atoms with Gasteiger partial charge in [0.15, 0.2) is 0 Å². The van der Waals surface area contributed by atoms with Crippen molar-refractivity contribution >= 4 is 28.5 Å². The Kier molecular flexibility index (Phi) is 5.41. The van der Waals surface area contributed by atoms with E-state index in [2.05, 4.69) is 10.1 Å². The number of H-pyrrole nitrogens is 1. The summed E-state index contributed by atoms with van der Waals surface area (Å²) in [5, 5.41) is 3.62. The maximum atomic E-state index is 12.8. The van der Waals surface area contributed by atoms with Gasteiger partial charge < -0.3 is 4.74 Å². The number of aromatic amines is 1. The third kappa shape index (κ3) is 3.64. The van der Waals surface area contributed by atoms with Crippen molar-refractivity contribution in [1.82, 2.24) is 9.78 Å². The number of para-hydroxylation sites is 1. The normalized spacial score (nSPS) is 11.3. The molecule has 0 radical (unpaired) electrons. The molecule has 140 valence electrons. The third-order valence-corrected chi connectivity index (χ3v) is 5.40. The van der Waals surface area contributed by atoms with E-state index in [0.29, 0.717) is 28.4 Å². The first-order valence-electron chi connectivity index (χ1n) is 8.62. The fourth-order valence-electron chi connectivity index (χ4n) is 2.74. The molecule has 0 aliphatic heterocycles. The summed E-state index contributed by atoms with van der Waals surface area (Å²) < 4.78 is 6.63. The molecule has 0 aliphatic carbocycles. The molecule has 0 spiro atoms. The van der Waals surface area contributed by atoms with E-state index in [1.165, 1.54) is 22.2 Å². The molecule has 1 aromatic carbocycles. The van der Waals surface area contributed by atoms with E-state index in [0.717, 1.165) is 16.1 Å². The number of hydrogen-bond acceptors (Lipinski definition) is 5. The molecule has 6 nitrogen and oxygen atoms in total. The first-order chi connectivity index (χ1) is 12.9. The van der Waals surface area contributed by atoms with Crippen LogP contribution < -0.4 is 5.56 Å². The van der Waals surface area contributed by atoms with E-state index in [1.54, 1.807) is 6.92 Å². The Labute approximate surface area is 161 Å². The molecule has 27 heavy (non-hydrogen) atoms. The Morgan fingerprint density at radius 1 is 1.26 bits per heavy atom. The largest absolute Gasteiger partial charge is 0.462 e. The van der Waals surface area contributed by atoms with Crippen LogP contribution in [0.1, 0.15) is 39.0 Å². The highest BCUT2D eigenvalue weighted by molar-refractivity contribution is 7.16. The molecule has 3 rings (SSSR count). The van der Waals surface area contributed by atoms with Crippen molar-refractivity contribution in [2.24, 2.45) is 4.99 Å². The number of aromatic nitrogens is 2. The number of benzene rings is 1. The van der Waals surface area contributed by atoms with E-state index in [1.807, 2.05) is 51.1 Å². The number of hydrogen-bond donors (Lipinski definition) is 1. The average Bonchev–Trinajstić information content (AvgIpc) is 3.10. The quantitative estimate of drug-likeness (QED) is 0.533. The highest BCUT2D eigenvalue weighted by Gasteiger charge is 2.20. The maximum absolute atomic E-state index is 12.8. The number of esters is 1. The zero-order chi connectivity index (χ0) is 19.6. The first kappa shape index (κ1) is 18.8. The molecular formula is C20H21N3O3S. The molecule has 7 heteroatoms. The number of nitrogens with one attached hydrogen (secondary N) is 1. The lowest BCUT2D eigenvalue weighted by Gasteiger charge is -2.02. The van der Waals surface area contributed by atoms with Gasteiger partial charge in [-0.1, -0.05) is 18.2 Å². The zero-order valence-corrected chi connectivity index (χ0v) is 16.5. The summed E-state index contributed by atoms with van der Waals surface area (Å²) in [5.41, 5.74) is 3.04. The summed E-state index contributed by atoms with van der Waals surface area (Å²) in [7, 11) is 0. The van der Waals surface area contributed by atoms with Gasteiger partial charge in [-0.3, -0.25) is 9.89 Å². The van der Waals surface area contributed by atoms with E-state index in [-0.39, 0.29) is 11.5 Å². The Balaban J connectivity index is 2.01. The number of carbonyl (C=O) groups excluding carboxylic acids is 1. The topological polar surface area (TPSA) is 76.4 Å². The Morgan fingerprint density at radius 2 is 1.96 bits per heavy atom. The van der Waals surface area contributed by atoms with Gasteiger partial charge in [0.25, 0.3) is 5.56 Å². The lowest BCUT2D eigenvalue weighted by molar-refractivity contribution is 0.0527. The molecule has 0 saturated carbocycles. The highest BCUT2D eigenvalue weighted by atomic mass is 32.1. The van der Waals surface area contributed by atoms with Crippen molar-refractivity contribution in [3.05, 3.63) is 67.9 Å². The number of aliphatic imine (C=N–C) groups is 1. The average molecular weight is 383 g/mol. The number of ether oxygens (including phenoxy) is 1. The molecule has 0 unspecified atom stereocenters. The number of aryl methyl sites for hydroxylation is 2. The van der Waals surface area contributed by atoms with Crippen LogP contribution in [0.5, 0.6) is 0 Å². The second kappa shape index (κ2) is 7.75. The number of carbonyl (C=O) groups is 1. The van der Waals surface area contributed by atoms with Gasteiger partial charge in [-0.15, -0.1) is 11.3 Å². The molecule has 2 aromatic heterocycles.